The van der Waals surface area contributed by atoms with Crippen LogP contribution in [-0.4, -0.2) is 10.2 Å². The van der Waals surface area contributed by atoms with E-state index in [-0.39, 0.29) is 10.2 Å². The maximum absolute atomic E-state index is 12.9. The maximum Gasteiger partial charge on any atom is 0.225 e. The Bertz CT molecular complexity index is 1290. The zero-order valence-corrected chi connectivity index (χ0v) is 16.2. The fourth-order valence-corrected chi connectivity index (χ4v) is 6.33. The average Bonchev–Trinajstić information content (AvgIpc) is 3.25. The number of carbonyl (C=O) groups is 2. The van der Waals surface area contributed by atoms with Crippen molar-refractivity contribution in [2.24, 2.45) is 0 Å². The fraction of sp³-hybridized carbons (Fsp3) is 0. The molecule has 28 heavy (non-hydrogen) atoms. The topological polar surface area (TPSA) is 34.1 Å². The Morgan fingerprint density at radius 1 is 0.500 bits per heavy atom. The van der Waals surface area contributed by atoms with Crippen molar-refractivity contribution in [1.82, 2.24) is 0 Å². The second-order valence-electron chi connectivity index (χ2n) is 6.86. The van der Waals surface area contributed by atoms with E-state index in [4.69, 9.17) is 0 Å². The molecule has 132 valence electrons. The molecular weight excluding hydrogens is 384 g/mol. The van der Waals surface area contributed by atoms with Crippen molar-refractivity contribution in [2.75, 3.05) is 0 Å². The molecular formula is C24H12O2S2. The Labute approximate surface area is 169 Å². The van der Waals surface area contributed by atoms with Gasteiger partial charge in [-0.1, -0.05) is 72.8 Å². The van der Waals surface area contributed by atoms with Gasteiger partial charge < -0.3 is 0 Å². The van der Waals surface area contributed by atoms with E-state index >= 15 is 0 Å². The molecule has 4 aromatic carbocycles. The Balaban J connectivity index is 1.66. The van der Waals surface area contributed by atoms with E-state index in [0.717, 1.165) is 53.6 Å². The van der Waals surface area contributed by atoms with Crippen molar-refractivity contribution in [3.8, 4) is 0 Å². The van der Waals surface area contributed by atoms with Gasteiger partial charge in [-0.25, -0.2) is 0 Å². The van der Waals surface area contributed by atoms with Gasteiger partial charge in [0, 0.05) is 32.1 Å². The molecule has 2 nitrogen and oxygen atoms in total. The first-order chi connectivity index (χ1) is 13.7. The van der Waals surface area contributed by atoms with Gasteiger partial charge in [-0.2, -0.15) is 0 Å². The summed E-state index contributed by atoms with van der Waals surface area (Å²) in [5.41, 5.74) is 3.38. The number of benzene rings is 4. The van der Waals surface area contributed by atoms with Gasteiger partial charge >= 0.3 is 0 Å². The number of thioether (sulfide) groups is 2. The van der Waals surface area contributed by atoms with E-state index < -0.39 is 0 Å². The van der Waals surface area contributed by atoms with Gasteiger partial charge in [0.05, 0.1) is 0 Å². The molecule has 0 amide bonds. The molecule has 4 heteroatoms. The van der Waals surface area contributed by atoms with Crippen LogP contribution in [-0.2, 0) is 0 Å². The summed E-state index contributed by atoms with van der Waals surface area (Å²) < 4.78 is 0. The van der Waals surface area contributed by atoms with Gasteiger partial charge in [0.1, 0.15) is 0 Å². The van der Waals surface area contributed by atoms with Crippen LogP contribution in [0.5, 0.6) is 0 Å². The first kappa shape index (κ1) is 16.2. The number of carbonyl (C=O) groups excluding carboxylic acids is 2. The molecule has 0 fully saturated rings. The SMILES string of the molecule is O=C1S/C(=C2/SC(=O)c3c2ccc2ccccc32)c2ccc3ccccc3c21. The molecule has 2 aliphatic rings. The van der Waals surface area contributed by atoms with Crippen LogP contribution in [0.4, 0.5) is 0 Å². The molecule has 0 aliphatic carbocycles. The van der Waals surface area contributed by atoms with Crippen molar-refractivity contribution in [1.29, 1.82) is 0 Å². The molecule has 0 atom stereocenters. The number of fused-ring (bicyclic) bond motifs is 6. The van der Waals surface area contributed by atoms with Crippen molar-refractivity contribution >= 4 is 65.1 Å². The van der Waals surface area contributed by atoms with Crippen molar-refractivity contribution in [3.05, 3.63) is 95.1 Å². The third kappa shape index (κ3) is 2.13. The normalized spacial score (nSPS) is 18.1. The molecule has 0 bridgehead atoms. The lowest BCUT2D eigenvalue weighted by Gasteiger charge is -2.07. The average molecular weight is 396 g/mol. The summed E-state index contributed by atoms with van der Waals surface area (Å²) >= 11 is 2.49. The van der Waals surface area contributed by atoms with Crippen LogP contribution in [0.3, 0.4) is 0 Å². The van der Waals surface area contributed by atoms with Crippen LogP contribution in [0.1, 0.15) is 31.8 Å². The largest absolute Gasteiger partial charge is 0.281 e. The monoisotopic (exact) mass is 396 g/mol. The molecule has 0 aromatic heterocycles. The third-order valence-corrected chi connectivity index (χ3v) is 7.52. The zero-order chi connectivity index (χ0) is 18.8. The fourth-order valence-electron chi connectivity index (χ4n) is 4.10. The highest BCUT2D eigenvalue weighted by atomic mass is 32.2. The Morgan fingerprint density at radius 2 is 0.929 bits per heavy atom. The van der Waals surface area contributed by atoms with E-state index in [1.807, 2.05) is 60.7 Å². The molecule has 0 saturated heterocycles. The highest BCUT2D eigenvalue weighted by Gasteiger charge is 2.35. The lowest BCUT2D eigenvalue weighted by Crippen LogP contribution is -1.91. The van der Waals surface area contributed by atoms with Gasteiger partial charge in [0.15, 0.2) is 0 Å². The smallest absolute Gasteiger partial charge is 0.225 e. The van der Waals surface area contributed by atoms with Crippen molar-refractivity contribution in [2.45, 2.75) is 0 Å². The van der Waals surface area contributed by atoms with Gasteiger partial charge in [-0.15, -0.1) is 0 Å². The Hall–Kier alpha value is -2.82. The summed E-state index contributed by atoms with van der Waals surface area (Å²) in [5, 5.41) is 4.17. The van der Waals surface area contributed by atoms with Crippen LogP contribution in [0.15, 0.2) is 72.8 Å². The van der Waals surface area contributed by atoms with E-state index in [0.29, 0.717) is 0 Å². The Morgan fingerprint density at radius 3 is 1.39 bits per heavy atom. The third-order valence-electron chi connectivity index (χ3n) is 5.35. The van der Waals surface area contributed by atoms with Crippen molar-refractivity contribution in [3.63, 3.8) is 0 Å². The highest BCUT2D eigenvalue weighted by molar-refractivity contribution is 8.27. The maximum atomic E-state index is 12.9. The summed E-state index contributed by atoms with van der Waals surface area (Å²) in [6.45, 7) is 0. The lowest BCUT2D eigenvalue weighted by atomic mass is 9.96. The molecule has 0 spiro atoms. The molecule has 2 aliphatic heterocycles. The molecule has 0 radical (unpaired) electrons. The predicted octanol–water partition coefficient (Wildman–Crippen LogP) is 6.59. The quantitative estimate of drug-likeness (QED) is 0.336. The zero-order valence-electron chi connectivity index (χ0n) is 14.6. The molecule has 6 rings (SSSR count). The summed E-state index contributed by atoms with van der Waals surface area (Å²) in [7, 11) is 0. The minimum Gasteiger partial charge on any atom is -0.281 e. The van der Waals surface area contributed by atoms with Gasteiger partial charge in [0.25, 0.3) is 0 Å². The van der Waals surface area contributed by atoms with Gasteiger partial charge in [-0.3, -0.25) is 9.59 Å². The van der Waals surface area contributed by atoms with Crippen LogP contribution < -0.4 is 0 Å². The van der Waals surface area contributed by atoms with Crippen LogP contribution in [0.25, 0.3) is 31.4 Å². The second-order valence-corrected chi connectivity index (χ2v) is 8.82. The van der Waals surface area contributed by atoms with Crippen LogP contribution in [0.2, 0.25) is 0 Å². The second kappa shape index (κ2) is 5.84. The van der Waals surface area contributed by atoms with Gasteiger partial charge in [0.2, 0.25) is 10.2 Å². The van der Waals surface area contributed by atoms with Gasteiger partial charge in [-0.05, 0) is 45.1 Å². The van der Waals surface area contributed by atoms with Crippen molar-refractivity contribution < 1.29 is 9.59 Å². The van der Waals surface area contributed by atoms with E-state index in [1.54, 1.807) is 0 Å². The molecule has 0 saturated carbocycles. The summed E-state index contributed by atoms with van der Waals surface area (Å²) in [5.74, 6) is 0. The van der Waals surface area contributed by atoms with Crippen LogP contribution >= 0.6 is 23.5 Å². The molecule has 2 heterocycles. The predicted molar refractivity (Wildman–Crippen MR) is 119 cm³/mol. The number of rotatable bonds is 0. The number of hydrogen-bond donors (Lipinski definition) is 0. The first-order valence-corrected chi connectivity index (χ1v) is 10.6. The van der Waals surface area contributed by atoms with E-state index in [2.05, 4.69) is 12.1 Å². The summed E-state index contributed by atoms with van der Waals surface area (Å²) in [6.07, 6.45) is 0. The summed E-state index contributed by atoms with van der Waals surface area (Å²) in [4.78, 5) is 27.6. The minimum atomic E-state index is 0.0524. The van der Waals surface area contributed by atoms with E-state index in [1.165, 1.54) is 23.5 Å². The molecule has 0 unspecified atom stereocenters. The lowest BCUT2D eigenvalue weighted by molar-refractivity contribution is 0.108. The molecule has 0 N–H and O–H groups in total. The summed E-state index contributed by atoms with van der Waals surface area (Å²) in [6, 6.07) is 24.0. The highest BCUT2D eigenvalue weighted by Crippen LogP contribution is 2.54. The number of hydrogen-bond acceptors (Lipinski definition) is 4. The standard InChI is InChI=1S/C24H12O2S2/c25-23-19-15-7-3-1-5-13(15)9-11-17(19)21(27-23)22-18-12-10-14-6-2-4-8-16(14)20(18)24(26)28-22/h1-12H/b22-21+. The van der Waals surface area contributed by atoms with E-state index in [9.17, 15) is 9.59 Å². The Kier molecular flexibility index (Phi) is 3.37. The first-order valence-electron chi connectivity index (χ1n) is 8.95. The minimum absolute atomic E-state index is 0.0524. The van der Waals surface area contributed by atoms with Crippen LogP contribution in [0, 0.1) is 0 Å². The molecule has 4 aromatic rings.